The number of halogens is 7. The van der Waals surface area contributed by atoms with Crippen LogP contribution in [0.3, 0.4) is 0 Å². The number of carbonyl (C=O) groups excluding carboxylic acids is 2. The molecule has 1 atom stereocenters. The molecular formula is C28H23F7N6O6S. The Balaban J connectivity index is 1.64. The van der Waals surface area contributed by atoms with Crippen LogP contribution in [0.25, 0.3) is 17.0 Å². The first-order chi connectivity index (χ1) is 22.1. The topological polar surface area (TPSA) is 145 Å². The maximum Gasteiger partial charge on any atom is 0.573 e. The number of amides is 2. The maximum atomic E-state index is 15.6. The Morgan fingerprint density at radius 1 is 1.06 bits per heavy atom. The molecular weight excluding hydrogens is 681 g/mol. The number of hydrogen-bond acceptors (Lipinski definition) is 9. The van der Waals surface area contributed by atoms with Crippen molar-refractivity contribution in [1.82, 2.24) is 24.9 Å². The number of ether oxygens (including phenoxy) is 2. The van der Waals surface area contributed by atoms with Gasteiger partial charge in [0.25, 0.3) is 5.91 Å². The number of anilines is 1. The van der Waals surface area contributed by atoms with Gasteiger partial charge >= 0.3 is 18.6 Å². The average molecular weight is 705 g/mol. The second kappa shape index (κ2) is 11.9. The molecule has 2 aromatic heterocycles. The summed E-state index contributed by atoms with van der Waals surface area (Å²) < 4.78 is 131. The highest BCUT2D eigenvalue weighted by molar-refractivity contribution is 7.91. The van der Waals surface area contributed by atoms with Gasteiger partial charge in [-0.3, -0.25) is 4.79 Å². The minimum Gasteiger partial charge on any atom is -0.444 e. The van der Waals surface area contributed by atoms with Gasteiger partial charge in [0.05, 0.1) is 28.4 Å². The van der Waals surface area contributed by atoms with Gasteiger partial charge in [0.15, 0.2) is 27.0 Å². The molecule has 48 heavy (non-hydrogen) atoms. The molecule has 0 unspecified atom stereocenters. The van der Waals surface area contributed by atoms with Gasteiger partial charge in [-0.2, -0.15) is 13.2 Å². The second-order valence-corrected chi connectivity index (χ2v) is 13.4. The number of alkyl halides is 6. The molecule has 0 aliphatic carbocycles. The molecule has 3 heterocycles. The Morgan fingerprint density at radius 2 is 1.73 bits per heavy atom. The number of fused-ring (bicyclic) bond motifs is 2. The van der Waals surface area contributed by atoms with Gasteiger partial charge in [0.1, 0.15) is 23.2 Å². The van der Waals surface area contributed by atoms with Gasteiger partial charge in [-0.25, -0.2) is 32.1 Å². The molecule has 12 nitrogen and oxygen atoms in total. The van der Waals surface area contributed by atoms with Crippen LogP contribution in [-0.4, -0.2) is 63.8 Å². The van der Waals surface area contributed by atoms with E-state index in [-0.39, 0.29) is 5.56 Å². The predicted molar refractivity (Wildman–Crippen MR) is 151 cm³/mol. The number of sulfone groups is 1. The lowest BCUT2D eigenvalue weighted by Crippen LogP contribution is -2.51. The summed E-state index contributed by atoms with van der Waals surface area (Å²) >= 11 is 0. The monoisotopic (exact) mass is 704 g/mol. The zero-order valence-corrected chi connectivity index (χ0v) is 25.7. The molecule has 0 saturated heterocycles. The van der Waals surface area contributed by atoms with Gasteiger partial charge in [-0.05, 0) is 50.6 Å². The van der Waals surface area contributed by atoms with Gasteiger partial charge in [-0.1, -0.05) is 12.1 Å². The molecule has 0 radical (unpaired) electrons. The van der Waals surface area contributed by atoms with E-state index in [0.717, 1.165) is 47.6 Å². The Bertz CT molecular complexity index is 2010. The van der Waals surface area contributed by atoms with E-state index < -0.39 is 103 Å². The third-order valence-corrected chi connectivity index (χ3v) is 8.35. The van der Waals surface area contributed by atoms with E-state index in [4.69, 9.17) is 4.74 Å². The van der Waals surface area contributed by atoms with Crippen LogP contribution in [0.15, 0.2) is 53.7 Å². The second-order valence-electron chi connectivity index (χ2n) is 11.4. The van der Waals surface area contributed by atoms with E-state index in [2.05, 4.69) is 25.1 Å². The van der Waals surface area contributed by atoms with E-state index in [9.17, 15) is 44.3 Å². The van der Waals surface area contributed by atoms with Gasteiger partial charge in [0, 0.05) is 12.4 Å². The Morgan fingerprint density at radius 3 is 2.33 bits per heavy atom. The SMILES string of the molecule is CC(C)(C)OC(=O)N[C@H]1CS(=O)(=O)c2cc(F)c(-c3nc4c(C(F)(F)F)nccn4n3)cc2N(Cc2ccc(OC(F)(F)F)cc2)C1=O. The van der Waals surface area contributed by atoms with E-state index in [1.165, 1.54) is 20.8 Å². The van der Waals surface area contributed by atoms with Crippen LogP contribution in [0, 0.1) is 5.82 Å². The lowest BCUT2D eigenvalue weighted by Gasteiger charge is -2.27. The fourth-order valence-corrected chi connectivity index (χ4v) is 6.30. The Labute approximate surface area is 266 Å². The highest BCUT2D eigenvalue weighted by atomic mass is 32.2. The largest absolute Gasteiger partial charge is 0.573 e. The van der Waals surface area contributed by atoms with Crippen molar-refractivity contribution < 1.29 is 58.2 Å². The quantitative estimate of drug-likeness (QED) is 0.282. The minimum absolute atomic E-state index is 0.136. The first-order valence-corrected chi connectivity index (χ1v) is 15.3. The number of nitrogens with one attached hydrogen (secondary N) is 1. The van der Waals surface area contributed by atoms with Crippen LogP contribution in [0.5, 0.6) is 5.75 Å². The number of carbonyl (C=O) groups is 2. The average Bonchev–Trinajstić information content (AvgIpc) is 3.35. The normalized spacial score (nSPS) is 16.8. The number of aromatic nitrogens is 4. The first kappa shape index (κ1) is 34.3. The summed E-state index contributed by atoms with van der Waals surface area (Å²) in [7, 11) is -4.60. The molecule has 0 fully saturated rings. The molecule has 2 amide bonds. The molecule has 0 saturated carbocycles. The number of hydrogen-bond donors (Lipinski definition) is 1. The van der Waals surface area contributed by atoms with Gasteiger partial charge < -0.3 is 19.7 Å². The van der Waals surface area contributed by atoms with Crippen molar-refractivity contribution >= 4 is 33.2 Å². The number of alkyl carbamates (subject to hydrolysis) is 1. The van der Waals surface area contributed by atoms with E-state index in [1.54, 1.807) is 0 Å². The summed E-state index contributed by atoms with van der Waals surface area (Å²) in [6, 6.07) is 3.72. The summed E-state index contributed by atoms with van der Waals surface area (Å²) in [6.07, 6.45) is -9.32. The summed E-state index contributed by atoms with van der Waals surface area (Å²) in [5.41, 5.74) is -4.23. The number of benzene rings is 2. The van der Waals surface area contributed by atoms with Gasteiger partial charge in [-0.15, -0.1) is 18.3 Å². The van der Waals surface area contributed by atoms with E-state index in [0.29, 0.717) is 10.6 Å². The third kappa shape index (κ3) is 7.42. The molecule has 1 aliphatic rings. The fraction of sp³-hybridized carbons (Fsp3) is 0.321. The van der Waals surface area contributed by atoms with Crippen molar-refractivity contribution in [2.75, 3.05) is 10.7 Å². The standard InChI is InChI=1S/C28H23F7N6O6S/c1-26(2,3)47-25(43)37-18-13-48(44,45)20-11-17(29)16(22-38-23-21(27(30,31)32)36-8-9-41(23)39-22)10-19(20)40(24(18)42)12-14-4-6-15(7-5-14)46-28(33,34)35/h4-11,18H,12-13H2,1-3H3,(H,37,43)/t18-/m0/s1. The minimum atomic E-state index is -5.00. The molecule has 20 heteroatoms. The highest BCUT2D eigenvalue weighted by Gasteiger charge is 2.41. The molecule has 256 valence electrons. The lowest BCUT2D eigenvalue weighted by molar-refractivity contribution is -0.274. The van der Waals surface area contributed by atoms with Crippen molar-refractivity contribution in [3.63, 3.8) is 0 Å². The first-order valence-electron chi connectivity index (χ1n) is 13.6. The van der Waals surface area contributed by atoms with Crippen LogP contribution >= 0.6 is 0 Å². The fourth-order valence-electron chi connectivity index (χ4n) is 4.69. The molecule has 2 aromatic carbocycles. The van der Waals surface area contributed by atoms with E-state index in [1.807, 2.05) is 0 Å². The van der Waals surface area contributed by atoms with Crippen molar-refractivity contribution in [3.05, 3.63) is 65.9 Å². The third-order valence-electron chi connectivity index (χ3n) is 6.58. The van der Waals surface area contributed by atoms with Crippen LogP contribution < -0.4 is 15.0 Å². The Kier molecular flexibility index (Phi) is 8.51. The van der Waals surface area contributed by atoms with E-state index >= 15 is 4.39 Å². The summed E-state index contributed by atoms with van der Waals surface area (Å²) in [5, 5.41) is 6.07. The summed E-state index contributed by atoms with van der Waals surface area (Å²) in [4.78, 5) is 33.7. The smallest absolute Gasteiger partial charge is 0.444 e. The summed E-state index contributed by atoms with van der Waals surface area (Å²) in [5.74, 6) is -4.62. The van der Waals surface area contributed by atoms with Crippen molar-refractivity contribution in [2.24, 2.45) is 0 Å². The van der Waals surface area contributed by atoms with Gasteiger partial charge in [0.2, 0.25) is 0 Å². The summed E-state index contributed by atoms with van der Waals surface area (Å²) in [6.45, 7) is 4.00. The highest BCUT2D eigenvalue weighted by Crippen LogP contribution is 2.38. The lowest BCUT2D eigenvalue weighted by atomic mass is 10.1. The molecule has 0 bridgehead atoms. The maximum absolute atomic E-state index is 15.6. The molecule has 1 aliphatic heterocycles. The Hall–Kier alpha value is -5.01. The van der Waals surface area contributed by atoms with Crippen molar-refractivity contribution in [1.29, 1.82) is 0 Å². The van der Waals surface area contributed by atoms with Crippen LogP contribution in [0.1, 0.15) is 32.0 Å². The van der Waals surface area contributed by atoms with Crippen LogP contribution in [0.2, 0.25) is 0 Å². The zero-order valence-electron chi connectivity index (χ0n) is 24.8. The predicted octanol–water partition coefficient (Wildman–Crippen LogP) is 5.06. The van der Waals surface area contributed by atoms with Crippen LogP contribution in [0.4, 0.5) is 41.2 Å². The molecule has 4 aromatic rings. The van der Waals surface area contributed by atoms with Crippen molar-refractivity contribution in [2.45, 2.75) is 56.4 Å². The molecule has 1 N–H and O–H groups in total. The molecule has 0 spiro atoms. The zero-order chi connectivity index (χ0) is 35.4. The molecule has 5 rings (SSSR count). The number of nitrogens with zero attached hydrogens (tertiary/aromatic N) is 5. The number of rotatable bonds is 5. The van der Waals surface area contributed by atoms with Crippen molar-refractivity contribution in [3.8, 4) is 17.1 Å². The van der Waals surface area contributed by atoms with Crippen LogP contribution in [-0.2, 0) is 32.1 Å².